The van der Waals surface area contributed by atoms with E-state index in [2.05, 4.69) is 4.72 Å². The van der Waals surface area contributed by atoms with Gasteiger partial charge in [0.2, 0.25) is 10.9 Å². The van der Waals surface area contributed by atoms with Crippen LogP contribution in [-0.2, 0) is 20.4 Å². The third kappa shape index (κ3) is 4.32. The van der Waals surface area contributed by atoms with Gasteiger partial charge in [0.05, 0.1) is 5.57 Å². The minimum absolute atomic E-state index is 0.0568. The third-order valence-electron chi connectivity index (χ3n) is 2.44. The van der Waals surface area contributed by atoms with E-state index in [0.29, 0.717) is 6.54 Å². The van der Waals surface area contributed by atoms with Crippen LogP contribution in [-0.4, -0.2) is 27.0 Å². The normalized spacial score (nSPS) is 22.2. The smallest absolute Gasteiger partial charge is 0.338 e. The number of esters is 1. The summed E-state index contributed by atoms with van der Waals surface area (Å²) < 4.78 is 27.5. The minimum Gasteiger partial charge on any atom is -0.454 e. The Bertz CT molecular complexity index is 341. The Kier molecular flexibility index (Phi) is 5.48. The van der Waals surface area contributed by atoms with E-state index in [0.717, 1.165) is 31.3 Å². The van der Waals surface area contributed by atoms with Crippen molar-refractivity contribution in [3.63, 3.8) is 0 Å². The molecule has 1 aliphatic heterocycles. The van der Waals surface area contributed by atoms with Crippen LogP contribution in [0.25, 0.3) is 0 Å². The molecule has 0 aromatic rings. The molecule has 92 valence electrons. The van der Waals surface area contributed by atoms with E-state index in [4.69, 9.17) is 4.74 Å². The molecule has 6 heteroatoms. The largest absolute Gasteiger partial charge is 0.454 e. The summed E-state index contributed by atoms with van der Waals surface area (Å²) in [7, 11) is -2.46. The van der Waals surface area contributed by atoms with Crippen LogP contribution in [0.5, 0.6) is 0 Å². The molecule has 1 N–H and O–H groups in total. The van der Waals surface area contributed by atoms with Gasteiger partial charge in [0, 0.05) is 6.54 Å². The first-order valence-electron chi connectivity index (χ1n) is 5.40. The van der Waals surface area contributed by atoms with Gasteiger partial charge in [-0.05, 0) is 26.2 Å². The number of carbonyl (C=O) groups is 1. The minimum atomic E-state index is -2.46. The zero-order valence-corrected chi connectivity index (χ0v) is 10.2. The summed E-state index contributed by atoms with van der Waals surface area (Å²) in [6.07, 6.45) is 5.44. The number of cyclic esters (lactones) is 1. The molecule has 1 aliphatic rings. The SMILES string of the molecule is CC1OC(=O)/C1=C\CCCCCN[SH](=O)=O. The van der Waals surface area contributed by atoms with Gasteiger partial charge in [0.1, 0.15) is 6.10 Å². The number of ether oxygens (including phenoxy) is 1. The molecule has 5 nitrogen and oxygen atoms in total. The van der Waals surface area contributed by atoms with E-state index in [1.807, 2.05) is 13.0 Å². The van der Waals surface area contributed by atoms with Crippen molar-refractivity contribution in [2.75, 3.05) is 6.54 Å². The number of nitrogens with one attached hydrogen (secondary N) is 1. The molecule has 0 bridgehead atoms. The van der Waals surface area contributed by atoms with Crippen LogP contribution in [0.3, 0.4) is 0 Å². The van der Waals surface area contributed by atoms with Crippen LogP contribution in [0.1, 0.15) is 32.6 Å². The van der Waals surface area contributed by atoms with Crippen LogP contribution in [0.4, 0.5) is 0 Å². The Balaban J connectivity index is 2.02. The summed E-state index contributed by atoms with van der Waals surface area (Å²) in [5.74, 6) is -0.211. The predicted molar refractivity (Wildman–Crippen MR) is 60.4 cm³/mol. The Morgan fingerprint density at radius 3 is 2.69 bits per heavy atom. The van der Waals surface area contributed by atoms with E-state index < -0.39 is 10.9 Å². The fourth-order valence-electron chi connectivity index (χ4n) is 1.52. The van der Waals surface area contributed by atoms with E-state index in [1.165, 1.54) is 0 Å². The molecular formula is C10H17NO4S. The molecule has 0 saturated carbocycles. The van der Waals surface area contributed by atoms with E-state index in [1.54, 1.807) is 0 Å². The molecule has 0 aliphatic carbocycles. The van der Waals surface area contributed by atoms with Crippen LogP contribution in [0, 0.1) is 0 Å². The molecule has 1 atom stereocenters. The van der Waals surface area contributed by atoms with Crippen molar-refractivity contribution >= 4 is 16.9 Å². The van der Waals surface area contributed by atoms with Crippen molar-refractivity contribution in [1.82, 2.24) is 4.72 Å². The number of rotatable bonds is 7. The summed E-state index contributed by atoms with van der Waals surface area (Å²) in [4.78, 5) is 10.9. The lowest BCUT2D eigenvalue weighted by molar-refractivity contribution is -0.154. The molecule has 0 aromatic carbocycles. The Morgan fingerprint density at radius 1 is 1.38 bits per heavy atom. The molecule has 0 amide bonds. The average Bonchev–Trinajstić information content (AvgIpc) is 2.21. The second-order valence-electron chi connectivity index (χ2n) is 3.72. The van der Waals surface area contributed by atoms with Crippen LogP contribution in [0.15, 0.2) is 11.6 Å². The lowest BCUT2D eigenvalue weighted by Gasteiger charge is -2.25. The number of unbranched alkanes of at least 4 members (excludes halogenated alkanes) is 3. The van der Waals surface area contributed by atoms with Gasteiger partial charge in [0.25, 0.3) is 0 Å². The predicted octanol–water partition coefficient (Wildman–Crippen LogP) is 0.534. The fraction of sp³-hybridized carbons (Fsp3) is 0.700. The molecule has 1 heterocycles. The fourth-order valence-corrected chi connectivity index (χ4v) is 1.86. The Labute approximate surface area is 96.9 Å². The molecule has 16 heavy (non-hydrogen) atoms. The van der Waals surface area contributed by atoms with E-state index >= 15 is 0 Å². The standard InChI is InChI=1S/C10H17NO4S/c1-8-9(10(12)15-8)6-4-2-3-5-7-11-16(13)14/h6,8,16H,2-5,7H2,1H3,(H,11,13,14)/b9-6-. The first-order valence-corrected chi connectivity index (χ1v) is 6.58. The molecule has 1 rings (SSSR count). The van der Waals surface area contributed by atoms with Crippen molar-refractivity contribution in [2.24, 2.45) is 0 Å². The van der Waals surface area contributed by atoms with Crippen molar-refractivity contribution in [1.29, 1.82) is 0 Å². The summed E-state index contributed by atoms with van der Waals surface area (Å²) in [5, 5.41) is 0. The van der Waals surface area contributed by atoms with Crippen LogP contribution in [0.2, 0.25) is 0 Å². The second-order valence-corrected chi connectivity index (χ2v) is 4.55. The molecule has 1 fully saturated rings. The van der Waals surface area contributed by atoms with Gasteiger partial charge in [-0.1, -0.05) is 12.5 Å². The maximum Gasteiger partial charge on any atom is 0.338 e. The van der Waals surface area contributed by atoms with Crippen molar-refractivity contribution in [2.45, 2.75) is 38.7 Å². The Morgan fingerprint density at radius 2 is 2.12 bits per heavy atom. The third-order valence-corrected chi connectivity index (χ3v) is 2.93. The summed E-state index contributed by atoms with van der Waals surface area (Å²) in [6.45, 7) is 2.34. The highest BCUT2D eigenvalue weighted by atomic mass is 32.2. The van der Waals surface area contributed by atoms with Gasteiger partial charge in [-0.25, -0.2) is 17.9 Å². The quantitative estimate of drug-likeness (QED) is 0.298. The summed E-state index contributed by atoms with van der Waals surface area (Å²) in [5.41, 5.74) is 0.765. The first kappa shape index (κ1) is 13.2. The summed E-state index contributed by atoms with van der Waals surface area (Å²) >= 11 is 0. The van der Waals surface area contributed by atoms with Crippen molar-refractivity contribution < 1.29 is 17.9 Å². The van der Waals surface area contributed by atoms with Gasteiger partial charge in [0.15, 0.2) is 0 Å². The van der Waals surface area contributed by atoms with Crippen molar-refractivity contribution in [3.8, 4) is 0 Å². The molecule has 0 aromatic heterocycles. The van der Waals surface area contributed by atoms with Crippen LogP contribution >= 0.6 is 0 Å². The maximum atomic E-state index is 10.9. The maximum absolute atomic E-state index is 10.9. The number of thiol groups is 1. The second kappa shape index (κ2) is 6.65. The number of allylic oxidation sites excluding steroid dienone is 1. The summed E-state index contributed by atoms with van der Waals surface area (Å²) in [6, 6.07) is 0. The van der Waals surface area contributed by atoms with E-state index in [9.17, 15) is 13.2 Å². The molecule has 1 saturated heterocycles. The van der Waals surface area contributed by atoms with E-state index in [-0.39, 0.29) is 12.1 Å². The lowest BCUT2D eigenvalue weighted by Crippen LogP contribution is -2.33. The zero-order valence-electron chi connectivity index (χ0n) is 9.27. The first-order chi connectivity index (χ1) is 7.61. The average molecular weight is 247 g/mol. The molecule has 0 radical (unpaired) electrons. The monoisotopic (exact) mass is 247 g/mol. The van der Waals surface area contributed by atoms with Gasteiger partial charge in [-0.3, -0.25) is 0 Å². The highest BCUT2D eigenvalue weighted by Crippen LogP contribution is 2.21. The molecule has 0 spiro atoms. The number of hydrogen-bond acceptors (Lipinski definition) is 4. The van der Waals surface area contributed by atoms with Crippen molar-refractivity contribution in [3.05, 3.63) is 11.6 Å². The van der Waals surface area contributed by atoms with Gasteiger partial charge in [-0.2, -0.15) is 0 Å². The number of carbonyl (C=O) groups excluding carboxylic acids is 1. The van der Waals surface area contributed by atoms with Gasteiger partial charge < -0.3 is 4.74 Å². The topological polar surface area (TPSA) is 72.5 Å². The van der Waals surface area contributed by atoms with Gasteiger partial charge in [-0.15, -0.1) is 0 Å². The lowest BCUT2D eigenvalue weighted by atomic mass is 10.0. The molecular weight excluding hydrogens is 230 g/mol. The zero-order chi connectivity index (χ0) is 12.0. The van der Waals surface area contributed by atoms with Gasteiger partial charge >= 0.3 is 5.97 Å². The highest BCUT2D eigenvalue weighted by molar-refractivity contribution is 7.70. The van der Waals surface area contributed by atoms with Crippen LogP contribution < -0.4 is 4.72 Å². The highest BCUT2D eigenvalue weighted by Gasteiger charge is 2.30. The molecule has 1 unspecified atom stereocenters. The Hall–Kier alpha value is -0.880. The number of hydrogen-bond donors (Lipinski definition) is 2.